The Morgan fingerprint density at radius 3 is 2.77 bits per heavy atom. The van der Waals surface area contributed by atoms with Crippen LogP contribution in [-0.4, -0.2) is 49.0 Å². The van der Waals surface area contributed by atoms with Crippen LogP contribution in [0.2, 0.25) is 0 Å². The normalized spacial score (nSPS) is 18.3. The van der Waals surface area contributed by atoms with Gasteiger partial charge < -0.3 is 15.2 Å². The van der Waals surface area contributed by atoms with Crippen molar-refractivity contribution in [3.63, 3.8) is 0 Å². The van der Waals surface area contributed by atoms with Crippen LogP contribution in [0.4, 0.5) is 5.82 Å². The quantitative estimate of drug-likeness (QED) is 0.580. The maximum atomic E-state index is 12.6. The van der Waals surface area contributed by atoms with Gasteiger partial charge in [0.1, 0.15) is 5.82 Å². The van der Waals surface area contributed by atoms with Crippen LogP contribution in [0.5, 0.6) is 0 Å². The van der Waals surface area contributed by atoms with E-state index in [4.69, 9.17) is 4.98 Å². The number of rotatable bonds is 6. The van der Waals surface area contributed by atoms with E-state index in [0.717, 1.165) is 60.7 Å². The molecule has 1 amide bonds. The van der Waals surface area contributed by atoms with Gasteiger partial charge in [-0.15, -0.1) is 0 Å². The van der Waals surface area contributed by atoms with E-state index in [-0.39, 0.29) is 0 Å². The number of piperidine rings is 1. The number of imidazole rings is 1. The smallest absolute Gasteiger partial charge is 0.222 e. The molecule has 2 aliphatic rings. The van der Waals surface area contributed by atoms with Crippen molar-refractivity contribution in [2.75, 3.05) is 18.4 Å². The Kier molecular flexibility index (Phi) is 5.38. The molecule has 3 aromatic heterocycles. The summed E-state index contributed by atoms with van der Waals surface area (Å²) in [5.74, 6) is 3.02. The number of hydrogen-bond donors (Lipinski definition) is 3. The zero-order valence-corrected chi connectivity index (χ0v) is 17.2. The molecule has 0 radical (unpaired) electrons. The first-order chi connectivity index (χ1) is 14.8. The summed E-state index contributed by atoms with van der Waals surface area (Å²) in [6.07, 6.45) is 11.3. The predicted molar refractivity (Wildman–Crippen MR) is 115 cm³/mol. The molecule has 0 unspecified atom stereocenters. The SMILES string of the molecule is O=C(CC1CCCC1)N1CCC(c2ccc3c(NCc4ncc[nH]4)n[nH]c3n2)CC1. The van der Waals surface area contributed by atoms with Gasteiger partial charge in [-0.1, -0.05) is 12.8 Å². The summed E-state index contributed by atoms with van der Waals surface area (Å²) in [6, 6.07) is 4.19. The Bertz CT molecular complexity index is 982. The van der Waals surface area contributed by atoms with Crippen molar-refractivity contribution < 1.29 is 4.79 Å². The largest absolute Gasteiger partial charge is 0.361 e. The highest BCUT2D eigenvalue weighted by atomic mass is 16.2. The van der Waals surface area contributed by atoms with Gasteiger partial charge in [0.05, 0.1) is 11.9 Å². The van der Waals surface area contributed by atoms with Gasteiger partial charge in [0, 0.05) is 43.5 Å². The van der Waals surface area contributed by atoms with Gasteiger partial charge in [-0.3, -0.25) is 9.89 Å². The molecule has 5 rings (SSSR count). The number of nitrogens with one attached hydrogen (secondary N) is 3. The predicted octanol–water partition coefficient (Wildman–Crippen LogP) is 3.58. The number of H-pyrrole nitrogens is 2. The van der Waals surface area contributed by atoms with Crippen molar-refractivity contribution in [1.82, 2.24) is 30.0 Å². The number of aromatic amines is 2. The number of carbonyl (C=O) groups is 1. The fourth-order valence-corrected chi connectivity index (χ4v) is 4.86. The molecular weight excluding hydrogens is 378 g/mol. The fourth-order valence-electron chi connectivity index (χ4n) is 4.86. The minimum absolute atomic E-state index is 0.351. The molecule has 0 spiro atoms. The number of carbonyl (C=O) groups excluding carboxylic acids is 1. The highest BCUT2D eigenvalue weighted by Crippen LogP contribution is 2.31. The van der Waals surface area contributed by atoms with E-state index in [9.17, 15) is 4.79 Å². The lowest BCUT2D eigenvalue weighted by Gasteiger charge is -2.32. The van der Waals surface area contributed by atoms with Crippen molar-refractivity contribution in [3.8, 4) is 0 Å². The highest BCUT2D eigenvalue weighted by Gasteiger charge is 2.27. The van der Waals surface area contributed by atoms with Crippen LogP contribution in [-0.2, 0) is 11.3 Å². The second-order valence-corrected chi connectivity index (χ2v) is 8.60. The first kappa shape index (κ1) is 19.1. The van der Waals surface area contributed by atoms with E-state index >= 15 is 0 Å². The Labute approximate surface area is 175 Å². The van der Waals surface area contributed by atoms with Gasteiger partial charge >= 0.3 is 0 Å². The Morgan fingerprint density at radius 2 is 2.00 bits per heavy atom. The maximum absolute atomic E-state index is 12.6. The summed E-state index contributed by atoms with van der Waals surface area (Å²) in [4.78, 5) is 26.8. The summed E-state index contributed by atoms with van der Waals surface area (Å²) in [5.41, 5.74) is 1.89. The van der Waals surface area contributed by atoms with Crippen LogP contribution in [0.3, 0.4) is 0 Å². The average molecular weight is 408 g/mol. The van der Waals surface area contributed by atoms with Gasteiger partial charge in [0.2, 0.25) is 5.91 Å². The standard InChI is InChI=1S/C22H29N7O/c30-20(13-15-3-1-2-4-15)29-11-7-16(8-12-29)18-6-5-17-21(27-28-22(17)26-18)25-14-19-23-9-10-24-19/h5-6,9-10,15-16H,1-4,7-8,11-14H2,(H,23,24)(H2,25,26,27,28). The van der Waals surface area contributed by atoms with Gasteiger partial charge in [-0.25, -0.2) is 9.97 Å². The summed E-state index contributed by atoms with van der Waals surface area (Å²) < 4.78 is 0. The number of pyridine rings is 1. The van der Waals surface area contributed by atoms with Crippen molar-refractivity contribution in [2.24, 2.45) is 5.92 Å². The van der Waals surface area contributed by atoms with Crippen molar-refractivity contribution >= 4 is 22.8 Å². The molecule has 8 heteroatoms. The third-order valence-corrected chi connectivity index (χ3v) is 6.63. The van der Waals surface area contributed by atoms with E-state index in [0.29, 0.717) is 24.3 Å². The molecule has 1 saturated heterocycles. The van der Waals surface area contributed by atoms with Gasteiger partial charge in [-0.05, 0) is 43.7 Å². The van der Waals surface area contributed by atoms with E-state index < -0.39 is 0 Å². The zero-order valence-electron chi connectivity index (χ0n) is 17.2. The third-order valence-electron chi connectivity index (χ3n) is 6.63. The van der Waals surface area contributed by atoms with Crippen LogP contribution in [0.25, 0.3) is 11.0 Å². The van der Waals surface area contributed by atoms with Crippen molar-refractivity contribution in [2.45, 2.75) is 57.4 Å². The van der Waals surface area contributed by atoms with Gasteiger partial charge in [-0.2, -0.15) is 5.10 Å². The second kappa shape index (κ2) is 8.45. The first-order valence-corrected chi connectivity index (χ1v) is 11.1. The molecular formula is C22H29N7O. The Morgan fingerprint density at radius 1 is 1.17 bits per heavy atom. The lowest BCUT2D eigenvalue weighted by atomic mass is 9.92. The molecule has 0 bridgehead atoms. The molecule has 158 valence electrons. The van der Waals surface area contributed by atoms with Crippen LogP contribution >= 0.6 is 0 Å². The highest BCUT2D eigenvalue weighted by molar-refractivity contribution is 5.87. The van der Waals surface area contributed by atoms with Crippen LogP contribution in [0.15, 0.2) is 24.5 Å². The number of fused-ring (bicyclic) bond motifs is 1. The fraction of sp³-hybridized carbons (Fsp3) is 0.545. The second-order valence-electron chi connectivity index (χ2n) is 8.60. The average Bonchev–Trinajstić information content (AvgIpc) is 3.54. The Hall–Kier alpha value is -2.90. The molecule has 0 aromatic carbocycles. The first-order valence-electron chi connectivity index (χ1n) is 11.1. The van der Waals surface area contributed by atoms with Gasteiger partial charge in [0.15, 0.2) is 11.5 Å². The number of likely N-dealkylation sites (tertiary alicyclic amines) is 1. The van der Waals surface area contributed by atoms with E-state index in [2.05, 4.69) is 42.5 Å². The number of amides is 1. The van der Waals surface area contributed by atoms with E-state index in [1.807, 2.05) is 0 Å². The molecule has 2 fully saturated rings. The maximum Gasteiger partial charge on any atom is 0.222 e. The summed E-state index contributed by atoms with van der Waals surface area (Å²) in [6.45, 7) is 2.27. The number of anilines is 1. The summed E-state index contributed by atoms with van der Waals surface area (Å²) >= 11 is 0. The third kappa shape index (κ3) is 4.04. The van der Waals surface area contributed by atoms with E-state index in [1.165, 1.54) is 25.7 Å². The van der Waals surface area contributed by atoms with Crippen LogP contribution in [0, 0.1) is 5.92 Å². The molecule has 8 nitrogen and oxygen atoms in total. The Balaban J connectivity index is 1.19. The monoisotopic (exact) mass is 407 g/mol. The molecule has 0 atom stereocenters. The van der Waals surface area contributed by atoms with Gasteiger partial charge in [0.25, 0.3) is 0 Å². The molecule has 1 aliphatic carbocycles. The lowest BCUT2D eigenvalue weighted by molar-refractivity contribution is -0.133. The number of aromatic nitrogens is 5. The number of nitrogens with zero attached hydrogens (tertiary/aromatic N) is 4. The van der Waals surface area contributed by atoms with Crippen molar-refractivity contribution in [3.05, 3.63) is 36.0 Å². The molecule has 30 heavy (non-hydrogen) atoms. The van der Waals surface area contributed by atoms with Crippen LogP contribution in [0.1, 0.15) is 62.4 Å². The minimum atomic E-state index is 0.351. The molecule has 1 saturated carbocycles. The summed E-state index contributed by atoms with van der Waals surface area (Å²) in [7, 11) is 0. The lowest BCUT2D eigenvalue weighted by Crippen LogP contribution is -2.38. The topological polar surface area (TPSA) is 103 Å². The minimum Gasteiger partial charge on any atom is -0.361 e. The summed E-state index contributed by atoms with van der Waals surface area (Å²) in [5, 5.41) is 11.7. The van der Waals surface area contributed by atoms with Crippen molar-refractivity contribution in [1.29, 1.82) is 0 Å². The zero-order chi connectivity index (χ0) is 20.3. The molecule has 4 heterocycles. The van der Waals surface area contributed by atoms with Crippen LogP contribution < -0.4 is 5.32 Å². The van der Waals surface area contributed by atoms with E-state index in [1.54, 1.807) is 12.4 Å². The molecule has 3 aromatic rings. The molecule has 1 aliphatic heterocycles. The molecule has 3 N–H and O–H groups in total. The number of hydrogen-bond acceptors (Lipinski definition) is 5.